The van der Waals surface area contributed by atoms with Crippen molar-refractivity contribution in [2.75, 3.05) is 11.9 Å². The number of benzene rings is 1. The van der Waals surface area contributed by atoms with Crippen LogP contribution >= 0.6 is 0 Å². The summed E-state index contributed by atoms with van der Waals surface area (Å²) in [6.45, 7) is 5.06. The molecule has 0 spiro atoms. The Balaban J connectivity index is 1.79. The fraction of sp³-hybridized carbons (Fsp3) is 0.400. The van der Waals surface area contributed by atoms with Crippen LogP contribution in [0.25, 0.3) is 0 Å². The molecule has 1 aromatic carbocycles. The number of aryl methyl sites for hydroxylation is 1. The Morgan fingerprint density at radius 2 is 2.12 bits per heavy atom. The summed E-state index contributed by atoms with van der Waals surface area (Å²) in [5.41, 5.74) is 3.64. The van der Waals surface area contributed by atoms with E-state index < -0.39 is 0 Å². The van der Waals surface area contributed by atoms with Crippen molar-refractivity contribution in [1.29, 1.82) is 0 Å². The Morgan fingerprint density at radius 3 is 2.92 bits per heavy atom. The van der Waals surface area contributed by atoms with Crippen molar-refractivity contribution in [2.45, 2.75) is 45.6 Å². The van der Waals surface area contributed by atoms with Crippen LogP contribution in [0.4, 0.5) is 11.4 Å². The molecule has 1 saturated heterocycles. The lowest BCUT2D eigenvalue weighted by atomic mass is 9.99. The van der Waals surface area contributed by atoms with Gasteiger partial charge in [0.25, 0.3) is 5.91 Å². The second-order valence-corrected chi connectivity index (χ2v) is 6.43. The van der Waals surface area contributed by atoms with Gasteiger partial charge < -0.3 is 10.2 Å². The molecule has 1 aromatic heterocycles. The first kappa shape index (κ1) is 16.5. The maximum Gasteiger partial charge on any atom is 0.272 e. The predicted molar refractivity (Wildman–Crippen MR) is 97.7 cm³/mol. The summed E-state index contributed by atoms with van der Waals surface area (Å²) in [7, 11) is 0. The van der Waals surface area contributed by atoms with Gasteiger partial charge in [0.15, 0.2) is 0 Å². The minimum absolute atomic E-state index is 0.0509. The number of aromatic nitrogens is 1. The fourth-order valence-electron chi connectivity index (χ4n) is 3.33. The third-order valence-corrected chi connectivity index (χ3v) is 4.76. The van der Waals surface area contributed by atoms with Crippen LogP contribution in [-0.2, 0) is 0 Å². The lowest BCUT2D eigenvalue weighted by molar-refractivity contribution is 0.0602. The van der Waals surface area contributed by atoms with Gasteiger partial charge >= 0.3 is 0 Å². The molecule has 1 aliphatic rings. The van der Waals surface area contributed by atoms with E-state index in [1.54, 1.807) is 6.20 Å². The highest BCUT2D eigenvalue weighted by Crippen LogP contribution is 2.24. The zero-order valence-corrected chi connectivity index (χ0v) is 14.5. The Labute approximate surface area is 143 Å². The highest BCUT2D eigenvalue weighted by atomic mass is 16.2. The smallest absolute Gasteiger partial charge is 0.272 e. The second-order valence-electron chi connectivity index (χ2n) is 6.43. The lowest BCUT2D eigenvalue weighted by Crippen LogP contribution is -2.43. The summed E-state index contributed by atoms with van der Waals surface area (Å²) in [4.78, 5) is 19.2. The molecule has 1 fully saturated rings. The monoisotopic (exact) mass is 323 g/mol. The number of nitrogens with zero attached hydrogens (tertiary/aromatic N) is 2. The molecule has 0 saturated carbocycles. The zero-order valence-electron chi connectivity index (χ0n) is 14.5. The van der Waals surface area contributed by atoms with Gasteiger partial charge in [-0.05, 0) is 56.4 Å². The van der Waals surface area contributed by atoms with Gasteiger partial charge in [0.1, 0.15) is 5.69 Å². The van der Waals surface area contributed by atoms with E-state index in [0.29, 0.717) is 11.7 Å². The molecule has 4 heteroatoms. The van der Waals surface area contributed by atoms with Gasteiger partial charge in [0.2, 0.25) is 0 Å². The minimum Gasteiger partial charge on any atom is -0.355 e. The quantitative estimate of drug-likeness (QED) is 0.898. The first-order valence-electron chi connectivity index (χ1n) is 8.78. The van der Waals surface area contributed by atoms with E-state index in [2.05, 4.69) is 30.2 Å². The van der Waals surface area contributed by atoms with Crippen molar-refractivity contribution < 1.29 is 4.79 Å². The largest absolute Gasteiger partial charge is 0.355 e. The molecule has 4 nitrogen and oxygen atoms in total. The molecule has 2 heterocycles. The summed E-state index contributed by atoms with van der Waals surface area (Å²) in [6.07, 6.45) is 6.11. The van der Waals surface area contributed by atoms with Crippen LogP contribution in [0.5, 0.6) is 0 Å². The molecule has 1 unspecified atom stereocenters. The third-order valence-electron chi connectivity index (χ3n) is 4.76. The Morgan fingerprint density at radius 1 is 1.29 bits per heavy atom. The molecule has 24 heavy (non-hydrogen) atoms. The first-order chi connectivity index (χ1) is 11.7. The molecule has 1 amide bonds. The van der Waals surface area contributed by atoms with Gasteiger partial charge in [0, 0.05) is 30.2 Å². The number of rotatable bonds is 4. The van der Waals surface area contributed by atoms with E-state index in [1.165, 1.54) is 12.0 Å². The summed E-state index contributed by atoms with van der Waals surface area (Å²) in [6, 6.07) is 12.2. The van der Waals surface area contributed by atoms with Crippen molar-refractivity contribution in [3.05, 3.63) is 53.9 Å². The molecular formula is C20H25N3O. The number of piperidine rings is 1. The second kappa shape index (κ2) is 7.47. The molecule has 1 atom stereocenters. The zero-order chi connectivity index (χ0) is 16.9. The minimum atomic E-state index is 0.0509. The third kappa shape index (κ3) is 3.58. The van der Waals surface area contributed by atoms with Crippen LogP contribution in [0.1, 0.15) is 48.7 Å². The van der Waals surface area contributed by atoms with Crippen molar-refractivity contribution in [3.8, 4) is 0 Å². The number of nitrogens with one attached hydrogen (secondary N) is 1. The predicted octanol–water partition coefficient (Wildman–Crippen LogP) is 4.54. The number of likely N-dealkylation sites (tertiary alicyclic amines) is 1. The average molecular weight is 323 g/mol. The number of pyridine rings is 1. The number of amides is 1. The molecule has 1 N–H and O–H groups in total. The Hall–Kier alpha value is -2.36. The van der Waals surface area contributed by atoms with E-state index in [9.17, 15) is 4.79 Å². The van der Waals surface area contributed by atoms with Crippen LogP contribution in [0.3, 0.4) is 0 Å². The number of hydrogen-bond acceptors (Lipinski definition) is 3. The van der Waals surface area contributed by atoms with Crippen molar-refractivity contribution in [3.63, 3.8) is 0 Å². The van der Waals surface area contributed by atoms with E-state index in [1.807, 2.05) is 35.2 Å². The molecule has 2 aromatic rings. The summed E-state index contributed by atoms with van der Waals surface area (Å²) < 4.78 is 0. The topological polar surface area (TPSA) is 45.2 Å². The van der Waals surface area contributed by atoms with E-state index >= 15 is 0 Å². The molecule has 0 aliphatic carbocycles. The Kier molecular flexibility index (Phi) is 5.14. The van der Waals surface area contributed by atoms with Crippen LogP contribution in [0, 0.1) is 6.92 Å². The molecule has 0 bridgehead atoms. The number of carbonyl (C=O) groups is 1. The number of anilines is 2. The Bertz CT molecular complexity index is 714. The van der Waals surface area contributed by atoms with Crippen LogP contribution < -0.4 is 5.32 Å². The van der Waals surface area contributed by atoms with Crippen molar-refractivity contribution >= 4 is 17.3 Å². The van der Waals surface area contributed by atoms with Gasteiger partial charge in [-0.15, -0.1) is 0 Å². The van der Waals surface area contributed by atoms with Gasteiger partial charge in [0.05, 0.1) is 0 Å². The number of hydrogen-bond donors (Lipinski definition) is 1. The van der Waals surface area contributed by atoms with Crippen LogP contribution in [-0.4, -0.2) is 28.4 Å². The van der Waals surface area contributed by atoms with Crippen molar-refractivity contribution in [2.24, 2.45) is 0 Å². The van der Waals surface area contributed by atoms with E-state index in [4.69, 9.17) is 0 Å². The highest BCUT2D eigenvalue weighted by Gasteiger charge is 2.26. The van der Waals surface area contributed by atoms with Gasteiger partial charge in [-0.1, -0.05) is 25.1 Å². The van der Waals surface area contributed by atoms with Crippen LogP contribution in [0.15, 0.2) is 42.6 Å². The first-order valence-corrected chi connectivity index (χ1v) is 8.78. The van der Waals surface area contributed by atoms with E-state index in [0.717, 1.165) is 37.2 Å². The average Bonchev–Trinajstić information content (AvgIpc) is 2.63. The summed E-state index contributed by atoms with van der Waals surface area (Å²) in [5.74, 6) is 0.0509. The van der Waals surface area contributed by atoms with Gasteiger partial charge in [-0.3, -0.25) is 9.78 Å². The normalized spacial score (nSPS) is 17.6. The summed E-state index contributed by atoms with van der Waals surface area (Å²) >= 11 is 0. The lowest BCUT2D eigenvalue weighted by Gasteiger charge is -2.35. The maximum atomic E-state index is 12.9. The standard InChI is InChI=1S/C20H25N3O/c1-3-17-9-6-7-13-23(17)20(24)19-14-16(11-12-21-19)22-18-10-5-4-8-15(18)2/h4-5,8,10-12,14,17H,3,6-7,9,13H2,1-2H3,(H,21,22). The van der Waals surface area contributed by atoms with Crippen LogP contribution in [0.2, 0.25) is 0 Å². The van der Waals surface area contributed by atoms with Gasteiger partial charge in [-0.25, -0.2) is 0 Å². The number of para-hydroxylation sites is 1. The maximum absolute atomic E-state index is 12.9. The SMILES string of the molecule is CCC1CCCCN1C(=O)c1cc(Nc2ccccc2C)ccn1. The molecule has 1 aliphatic heterocycles. The van der Waals surface area contributed by atoms with Gasteiger partial charge in [-0.2, -0.15) is 0 Å². The molecule has 3 rings (SSSR count). The molecule has 0 radical (unpaired) electrons. The molecule has 126 valence electrons. The number of carbonyl (C=O) groups excluding carboxylic acids is 1. The van der Waals surface area contributed by atoms with Crippen molar-refractivity contribution in [1.82, 2.24) is 9.88 Å². The summed E-state index contributed by atoms with van der Waals surface area (Å²) in [5, 5.41) is 3.38. The fourth-order valence-corrected chi connectivity index (χ4v) is 3.33. The molecular weight excluding hydrogens is 298 g/mol. The highest BCUT2D eigenvalue weighted by molar-refractivity contribution is 5.93. The van der Waals surface area contributed by atoms with E-state index in [-0.39, 0.29) is 5.91 Å².